The largest absolute Gasteiger partial charge is 0.468 e. The van der Waals surface area contributed by atoms with E-state index in [1.165, 1.54) is 25.7 Å². The van der Waals surface area contributed by atoms with Gasteiger partial charge in [-0.05, 0) is 25.6 Å². The zero-order valence-corrected chi connectivity index (χ0v) is 13.3. The van der Waals surface area contributed by atoms with Gasteiger partial charge in [-0.15, -0.1) is 0 Å². The van der Waals surface area contributed by atoms with Crippen LogP contribution in [-0.2, 0) is 9.53 Å². The zero-order chi connectivity index (χ0) is 14.1. The third kappa shape index (κ3) is 2.84. The predicted octanol–water partition coefficient (Wildman–Crippen LogP) is -0.667. The maximum atomic E-state index is 12.1. The van der Waals surface area contributed by atoms with Crippen LogP contribution in [0.2, 0.25) is 0 Å². The van der Waals surface area contributed by atoms with Crippen LogP contribution >= 0.6 is 11.8 Å². The maximum absolute atomic E-state index is 12.1. The number of thioether (sulfide) groups is 1. The second-order valence-corrected chi connectivity index (χ2v) is 7.68. The van der Waals surface area contributed by atoms with Crippen LogP contribution in [0.1, 0.15) is 19.3 Å². The van der Waals surface area contributed by atoms with E-state index in [0.717, 1.165) is 26.2 Å². The standard InChI is InChI=1S/C14H25N3O2S/c1-16-9-15-11-6-12(14(18)19-2)17(8-13(11)16)7-10-4-3-5-20-10/h10-13,15H,3-9H2,1-2H3/p+1. The third-order valence-corrected chi connectivity index (χ3v) is 6.43. The quantitative estimate of drug-likeness (QED) is 0.701. The average molecular weight is 300 g/mol. The molecular weight excluding hydrogens is 274 g/mol. The lowest BCUT2D eigenvalue weighted by Crippen LogP contribution is -2.89. The molecule has 0 aromatic heterocycles. The summed E-state index contributed by atoms with van der Waals surface area (Å²) in [5.74, 6) is 1.23. The van der Waals surface area contributed by atoms with Crippen molar-refractivity contribution in [2.24, 2.45) is 0 Å². The molecule has 0 bridgehead atoms. The van der Waals surface area contributed by atoms with Crippen LogP contribution in [0, 0.1) is 0 Å². The number of likely N-dealkylation sites (N-methyl/N-ethyl adjacent to an activating group) is 1. The number of hydrogen-bond donors (Lipinski definition) is 1. The Kier molecular flexibility index (Phi) is 4.55. The van der Waals surface area contributed by atoms with Crippen LogP contribution in [0.15, 0.2) is 0 Å². The van der Waals surface area contributed by atoms with Crippen LogP contribution < -0.4 is 5.32 Å². The molecule has 3 fully saturated rings. The molecule has 3 aliphatic heterocycles. The van der Waals surface area contributed by atoms with Crippen molar-refractivity contribution >= 4 is 17.7 Å². The monoisotopic (exact) mass is 300 g/mol. The molecule has 3 saturated heterocycles. The Morgan fingerprint density at radius 3 is 3.05 bits per heavy atom. The molecule has 4 atom stereocenters. The van der Waals surface area contributed by atoms with Gasteiger partial charge in [0.05, 0.1) is 13.2 Å². The number of likely N-dealkylation sites (tertiary alicyclic amines) is 1. The second kappa shape index (κ2) is 6.22. The minimum atomic E-state index is -0.0469. The van der Waals surface area contributed by atoms with E-state index in [0.29, 0.717) is 17.3 Å². The van der Waals surface area contributed by atoms with Gasteiger partial charge >= 0.3 is 5.97 Å². The topological polar surface area (TPSA) is 49.4 Å². The van der Waals surface area contributed by atoms with E-state index in [9.17, 15) is 4.79 Å². The molecule has 5 nitrogen and oxygen atoms in total. The summed E-state index contributed by atoms with van der Waals surface area (Å²) < 4.78 is 5.04. The number of ether oxygens (including phenoxy) is 1. The first-order valence-corrected chi connectivity index (χ1v) is 8.71. The minimum absolute atomic E-state index is 0.0369. The summed E-state index contributed by atoms with van der Waals surface area (Å²) in [5.41, 5.74) is 0. The summed E-state index contributed by atoms with van der Waals surface area (Å²) >= 11 is 2.07. The number of rotatable bonds is 3. The van der Waals surface area contributed by atoms with Crippen molar-refractivity contribution in [2.75, 3.05) is 39.7 Å². The Balaban J connectivity index is 1.70. The van der Waals surface area contributed by atoms with Gasteiger partial charge in [0.25, 0.3) is 0 Å². The van der Waals surface area contributed by atoms with Gasteiger partial charge in [0, 0.05) is 24.8 Å². The van der Waals surface area contributed by atoms with E-state index >= 15 is 0 Å². The number of esters is 1. The average Bonchev–Trinajstić information content (AvgIpc) is 3.08. The lowest BCUT2D eigenvalue weighted by atomic mass is 9.93. The predicted molar refractivity (Wildman–Crippen MR) is 79.6 cm³/mol. The number of carbonyl (C=O) groups excluding carboxylic acids is 1. The summed E-state index contributed by atoms with van der Waals surface area (Å²) in [7, 11) is 3.71. The van der Waals surface area contributed by atoms with Crippen LogP contribution in [0.4, 0.5) is 0 Å². The molecule has 0 saturated carbocycles. The van der Waals surface area contributed by atoms with Crippen LogP contribution in [0.3, 0.4) is 0 Å². The fourth-order valence-electron chi connectivity index (χ4n) is 3.86. The Morgan fingerprint density at radius 1 is 1.50 bits per heavy atom. The summed E-state index contributed by atoms with van der Waals surface area (Å²) in [5, 5.41) is 3.08. The van der Waals surface area contributed by atoms with Crippen molar-refractivity contribution in [1.82, 2.24) is 9.80 Å². The smallest absolute Gasteiger partial charge is 0.323 e. The molecule has 3 rings (SSSR count). The van der Waals surface area contributed by atoms with E-state index < -0.39 is 0 Å². The minimum Gasteiger partial charge on any atom is -0.468 e. The molecule has 3 aliphatic rings. The molecule has 0 spiro atoms. The van der Waals surface area contributed by atoms with E-state index in [1.807, 2.05) is 0 Å². The molecule has 20 heavy (non-hydrogen) atoms. The molecule has 3 heterocycles. The first kappa shape index (κ1) is 14.6. The van der Waals surface area contributed by atoms with E-state index in [1.54, 1.807) is 0 Å². The molecule has 114 valence electrons. The summed E-state index contributed by atoms with van der Waals surface area (Å²) in [4.78, 5) is 16.9. The number of nitrogens with zero attached hydrogens (tertiary/aromatic N) is 2. The highest BCUT2D eigenvalue weighted by Gasteiger charge is 2.46. The molecular formula is C14H26N3O2S+. The number of fused-ring (bicyclic) bond motifs is 1. The molecule has 0 aromatic carbocycles. The lowest BCUT2D eigenvalue weighted by molar-refractivity contribution is -0.678. The lowest BCUT2D eigenvalue weighted by Gasteiger charge is -2.40. The zero-order valence-electron chi connectivity index (χ0n) is 12.5. The normalized spacial score (nSPS) is 38.9. The molecule has 6 heteroatoms. The van der Waals surface area contributed by atoms with Crippen molar-refractivity contribution in [3.05, 3.63) is 0 Å². The molecule has 0 radical (unpaired) electrons. The number of methoxy groups -OCH3 is 1. The van der Waals surface area contributed by atoms with E-state index in [4.69, 9.17) is 4.74 Å². The van der Waals surface area contributed by atoms with Gasteiger partial charge in [-0.3, -0.25) is 9.69 Å². The highest BCUT2D eigenvalue weighted by molar-refractivity contribution is 8.00. The number of quaternary nitrogens is 1. The SMILES string of the molecule is COC(=O)C1CC2[NH2+]CN(C)C2CN1CC1CCCS1. The number of nitrogens with two attached hydrogens (primary N) is 1. The highest BCUT2D eigenvalue weighted by Crippen LogP contribution is 2.30. The fraction of sp³-hybridized carbons (Fsp3) is 0.929. The van der Waals surface area contributed by atoms with Crippen molar-refractivity contribution in [1.29, 1.82) is 0 Å². The highest BCUT2D eigenvalue weighted by atomic mass is 32.2. The second-order valence-electron chi connectivity index (χ2n) is 6.27. The summed E-state index contributed by atoms with van der Waals surface area (Å²) in [6.45, 7) is 3.10. The molecule has 0 aliphatic carbocycles. The number of carbonyl (C=O) groups is 1. The Hall–Kier alpha value is -0.300. The van der Waals surface area contributed by atoms with Crippen molar-refractivity contribution in [3.63, 3.8) is 0 Å². The van der Waals surface area contributed by atoms with Gasteiger partial charge in [0.15, 0.2) is 0 Å². The van der Waals surface area contributed by atoms with Gasteiger partial charge in [-0.2, -0.15) is 11.8 Å². The maximum Gasteiger partial charge on any atom is 0.323 e. The first-order chi connectivity index (χ1) is 9.69. The van der Waals surface area contributed by atoms with Gasteiger partial charge in [0.1, 0.15) is 18.8 Å². The van der Waals surface area contributed by atoms with Crippen LogP contribution in [0.25, 0.3) is 0 Å². The van der Waals surface area contributed by atoms with Crippen molar-refractivity contribution in [3.8, 4) is 0 Å². The third-order valence-electron chi connectivity index (χ3n) is 5.05. The van der Waals surface area contributed by atoms with Crippen molar-refractivity contribution in [2.45, 2.75) is 42.6 Å². The van der Waals surface area contributed by atoms with Crippen LogP contribution in [0.5, 0.6) is 0 Å². The van der Waals surface area contributed by atoms with Gasteiger partial charge in [-0.1, -0.05) is 0 Å². The molecule has 2 N–H and O–H groups in total. The Bertz CT molecular complexity index is 362. The van der Waals surface area contributed by atoms with Gasteiger partial charge in [-0.25, -0.2) is 4.90 Å². The van der Waals surface area contributed by atoms with E-state index in [-0.39, 0.29) is 12.0 Å². The fourth-order valence-corrected chi connectivity index (χ4v) is 5.15. The Morgan fingerprint density at radius 2 is 2.35 bits per heavy atom. The van der Waals surface area contributed by atoms with Gasteiger partial charge < -0.3 is 10.1 Å². The number of hydrogen-bond acceptors (Lipinski definition) is 5. The Labute approximate surface area is 125 Å². The summed E-state index contributed by atoms with van der Waals surface area (Å²) in [6.07, 6.45) is 3.55. The van der Waals surface area contributed by atoms with E-state index in [2.05, 4.69) is 33.9 Å². The molecule has 0 amide bonds. The van der Waals surface area contributed by atoms with Crippen LogP contribution in [-0.4, -0.2) is 78.8 Å². The number of piperidine rings is 1. The molecule has 4 unspecified atom stereocenters. The van der Waals surface area contributed by atoms with Gasteiger partial charge in [0.2, 0.25) is 0 Å². The molecule has 0 aromatic rings. The first-order valence-electron chi connectivity index (χ1n) is 7.66. The summed E-state index contributed by atoms with van der Waals surface area (Å²) in [6, 6.07) is 1.10. The van der Waals surface area contributed by atoms with Crippen molar-refractivity contribution < 1.29 is 14.8 Å².